The van der Waals surface area contributed by atoms with Crippen LogP contribution in [0.1, 0.15) is 43.7 Å². The molecule has 3 N–H and O–H groups in total. The summed E-state index contributed by atoms with van der Waals surface area (Å²) in [7, 11) is 0. The predicted molar refractivity (Wildman–Crippen MR) is 79.8 cm³/mol. The van der Waals surface area contributed by atoms with E-state index in [9.17, 15) is 0 Å². The Hall–Kier alpha value is -0.540. The van der Waals surface area contributed by atoms with Crippen LogP contribution in [0.5, 0.6) is 0 Å². The number of allylic oxidation sites excluding steroid dienone is 1. The molecule has 0 aliphatic heterocycles. The first-order valence-electron chi connectivity index (χ1n) is 6.21. The highest BCUT2D eigenvalue weighted by molar-refractivity contribution is 6.42. The summed E-state index contributed by atoms with van der Waals surface area (Å²) in [6.07, 6.45) is 7.52. The molecule has 1 aromatic rings. The smallest absolute Gasteiger partial charge is 0.0595 e. The van der Waals surface area contributed by atoms with E-state index in [1.54, 1.807) is 6.07 Å². The average Bonchev–Trinajstić information content (AvgIpc) is 2.37. The Labute approximate surface area is 119 Å². The molecule has 0 fully saturated rings. The summed E-state index contributed by atoms with van der Waals surface area (Å²) in [6, 6.07) is 5.77. The SMILES string of the molecule is C=CCCCCCC(NN)c1ccc(Cl)c(Cl)c1. The van der Waals surface area contributed by atoms with Crippen LogP contribution in [0, 0.1) is 0 Å². The lowest BCUT2D eigenvalue weighted by atomic mass is 10.0. The topological polar surface area (TPSA) is 38.0 Å². The molecular formula is C14H20Cl2N2. The summed E-state index contributed by atoms with van der Waals surface area (Å²) in [6.45, 7) is 3.72. The molecule has 0 saturated heterocycles. The number of nitrogens with one attached hydrogen (secondary N) is 1. The van der Waals surface area contributed by atoms with Crippen LogP contribution in [0.3, 0.4) is 0 Å². The number of hydrogen-bond acceptors (Lipinski definition) is 2. The molecule has 4 heteroatoms. The fraction of sp³-hybridized carbons (Fsp3) is 0.429. The van der Waals surface area contributed by atoms with Crippen LogP contribution >= 0.6 is 23.2 Å². The fourth-order valence-electron chi connectivity index (χ4n) is 1.89. The maximum Gasteiger partial charge on any atom is 0.0595 e. The lowest BCUT2D eigenvalue weighted by Crippen LogP contribution is -2.27. The molecule has 0 aliphatic carbocycles. The van der Waals surface area contributed by atoms with Gasteiger partial charge in [0.25, 0.3) is 0 Å². The lowest BCUT2D eigenvalue weighted by molar-refractivity contribution is 0.484. The summed E-state index contributed by atoms with van der Waals surface area (Å²) >= 11 is 11.9. The largest absolute Gasteiger partial charge is 0.271 e. The van der Waals surface area contributed by atoms with E-state index < -0.39 is 0 Å². The van der Waals surface area contributed by atoms with Gasteiger partial charge in [0.1, 0.15) is 0 Å². The maximum absolute atomic E-state index is 6.01. The zero-order chi connectivity index (χ0) is 13.4. The zero-order valence-corrected chi connectivity index (χ0v) is 12.0. The van der Waals surface area contributed by atoms with Gasteiger partial charge in [-0.25, -0.2) is 0 Å². The van der Waals surface area contributed by atoms with E-state index in [-0.39, 0.29) is 6.04 Å². The number of rotatable bonds is 8. The quantitative estimate of drug-likeness (QED) is 0.316. The van der Waals surface area contributed by atoms with Crippen LogP contribution in [0.25, 0.3) is 0 Å². The lowest BCUT2D eigenvalue weighted by Gasteiger charge is -2.16. The molecule has 1 atom stereocenters. The van der Waals surface area contributed by atoms with Crippen LogP contribution in [0.2, 0.25) is 10.0 Å². The second-order valence-corrected chi connectivity index (χ2v) is 5.13. The standard InChI is InChI=1S/C14H20Cl2N2/c1-2-3-4-5-6-7-14(18-17)11-8-9-12(15)13(16)10-11/h2,8-10,14,18H,1,3-7,17H2. The van der Waals surface area contributed by atoms with Crippen molar-refractivity contribution in [3.63, 3.8) is 0 Å². The highest BCUT2D eigenvalue weighted by atomic mass is 35.5. The number of hydrazine groups is 1. The molecule has 0 radical (unpaired) electrons. The molecule has 2 nitrogen and oxygen atoms in total. The monoisotopic (exact) mass is 286 g/mol. The number of nitrogens with two attached hydrogens (primary N) is 1. The third-order valence-corrected chi connectivity index (χ3v) is 3.69. The van der Waals surface area contributed by atoms with Gasteiger partial charge in [0, 0.05) is 6.04 Å². The second kappa shape index (κ2) is 8.54. The van der Waals surface area contributed by atoms with Gasteiger partial charge in [-0.05, 0) is 37.0 Å². The Morgan fingerprint density at radius 3 is 2.61 bits per heavy atom. The predicted octanol–water partition coefficient (Wildman–Crippen LogP) is 4.63. The Morgan fingerprint density at radius 1 is 1.22 bits per heavy atom. The van der Waals surface area contributed by atoms with Crippen molar-refractivity contribution >= 4 is 23.2 Å². The van der Waals surface area contributed by atoms with Crippen LogP contribution in [-0.4, -0.2) is 0 Å². The fourth-order valence-corrected chi connectivity index (χ4v) is 2.20. The van der Waals surface area contributed by atoms with Crippen molar-refractivity contribution in [2.75, 3.05) is 0 Å². The van der Waals surface area contributed by atoms with Crippen LogP contribution in [0.4, 0.5) is 0 Å². The van der Waals surface area contributed by atoms with Gasteiger partial charge in [-0.3, -0.25) is 11.3 Å². The van der Waals surface area contributed by atoms with E-state index in [2.05, 4.69) is 12.0 Å². The van der Waals surface area contributed by atoms with Gasteiger partial charge in [0.15, 0.2) is 0 Å². The van der Waals surface area contributed by atoms with Gasteiger partial charge in [-0.1, -0.05) is 48.2 Å². The van der Waals surface area contributed by atoms with E-state index in [1.807, 2.05) is 18.2 Å². The summed E-state index contributed by atoms with van der Waals surface area (Å²) in [4.78, 5) is 0. The normalized spacial score (nSPS) is 12.4. The molecule has 0 aliphatic rings. The molecule has 1 rings (SSSR count). The molecule has 1 unspecified atom stereocenters. The molecular weight excluding hydrogens is 267 g/mol. The summed E-state index contributed by atoms with van der Waals surface area (Å²) in [5, 5.41) is 1.14. The number of unbranched alkanes of at least 4 members (excludes halogenated alkanes) is 3. The highest BCUT2D eigenvalue weighted by Gasteiger charge is 2.10. The van der Waals surface area contributed by atoms with Gasteiger partial charge in [-0.2, -0.15) is 0 Å². The minimum Gasteiger partial charge on any atom is -0.271 e. The average molecular weight is 287 g/mol. The number of benzene rings is 1. The van der Waals surface area contributed by atoms with Gasteiger partial charge in [-0.15, -0.1) is 6.58 Å². The Kier molecular flexibility index (Phi) is 7.36. The Balaban J connectivity index is 2.49. The third-order valence-electron chi connectivity index (χ3n) is 2.95. The van der Waals surface area contributed by atoms with Crippen molar-refractivity contribution in [3.8, 4) is 0 Å². The summed E-state index contributed by atoms with van der Waals surface area (Å²) in [5.41, 5.74) is 3.91. The van der Waals surface area contributed by atoms with E-state index in [4.69, 9.17) is 29.0 Å². The minimum atomic E-state index is 0.128. The molecule has 0 spiro atoms. The van der Waals surface area contributed by atoms with Crippen LogP contribution in [0.15, 0.2) is 30.9 Å². The van der Waals surface area contributed by atoms with Crippen molar-refractivity contribution < 1.29 is 0 Å². The van der Waals surface area contributed by atoms with E-state index in [0.29, 0.717) is 10.0 Å². The van der Waals surface area contributed by atoms with E-state index in [0.717, 1.165) is 24.8 Å². The van der Waals surface area contributed by atoms with Crippen molar-refractivity contribution in [2.24, 2.45) is 5.84 Å². The third kappa shape index (κ3) is 4.99. The van der Waals surface area contributed by atoms with Crippen molar-refractivity contribution in [1.82, 2.24) is 5.43 Å². The minimum absolute atomic E-state index is 0.128. The van der Waals surface area contributed by atoms with Gasteiger partial charge >= 0.3 is 0 Å². The molecule has 1 aromatic carbocycles. The van der Waals surface area contributed by atoms with Crippen LogP contribution < -0.4 is 11.3 Å². The molecule has 18 heavy (non-hydrogen) atoms. The first kappa shape index (κ1) is 15.5. The Bertz CT molecular complexity index is 380. The molecule has 0 heterocycles. The summed E-state index contributed by atoms with van der Waals surface area (Å²) < 4.78 is 0. The molecule has 0 amide bonds. The Morgan fingerprint density at radius 2 is 2.00 bits per heavy atom. The van der Waals surface area contributed by atoms with Gasteiger partial charge in [0.2, 0.25) is 0 Å². The van der Waals surface area contributed by atoms with Crippen molar-refractivity contribution in [1.29, 1.82) is 0 Å². The van der Waals surface area contributed by atoms with E-state index >= 15 is 0 Å². The summed E-state index contributed by atoms with van der Waals surface area (Å²) in [5.74, 6) is 5.59. The first-order chi connectivity index (χ1) is 8.69. The van der Waals surface area contributed by atoms with E-state index in [1.165, 1.54) is 12.8 Å². The van der Waals surface area contributed by atoms with Gasteiger partial charge < -0.3 is 0 Å². The molecule has 0 bridgehead atoms. The first-order valence-corrected chi connectivity index (χ1v) is 6.96. The molecule has 0 aromatic heterocycles. The van der Waals surface area contributed by atoms with Gasteiger partial charge in [0.05, 0.1) is 10.0 Å². The highest BCUT2D eigenvalue weighted by Crippen LogP contribution is 2.27. The zero-order valence-electron chi connectivity index (χ0n) is 10.5. The second-order valence-electron chi connectivity index (χ2n) is 4.32. The maximum atomic E-state index is 6.01. The van der Waals surface area contributed by atoms with Crippen LogP contribution in [-0.2, 0) is 0 Å². The van der Waals surface area contributed by atoms with Crippen molar-refractivity contribution in [3.05, 3.63) is 46.5 Å². The number of hydrogen-bond donors (Lipinski definition) is 2. The molecule has 0 saturated carbocycles. The number of halogens is 2. The van der Waals surface area contributed by atoms with Crippen molar-refractivity contribution in [2.45, 2.75) is 38.1 Å². The molecule has 100 valence electrons.